The van der Waals surface area contributed by atoms with E-state index in [1.165, 1.54) is 5.56 Å². The highest BCUT2D eigenvalue weighted by molar-refractivity contribution is 14.0. The van der Waals surface area contributed by atoms with Gasteiger partial charge in [-0.25, -0.2) is 4.99 Å². The molecule has 2 aliphatic rings. The van der Waals surface area contributed by atoms with Crippen molar-refractivity contribution in [2.24, 2.45) is 4.99 Å². The Morgan fingerprint density at radius 3 is 2.61 bits per heavy atom. The molecule has 7 heteroatoms. The molecule has 156 valence electrons. The van der Waals surface area contributed by atoms with Crippen LogP contribution in [0.25, 0.3) is 0 Å². The first kappa shape index (κ1) is 22.9. The fraction of sp³-hybridized carbons (Fsp3) is 0.619. The molecule has 0 saturated carbocycles. The zero-order valence-electron chi connectivity index (χ0n) is 17.1. The number of aliphatic imine (C=N–C) groups is 1. The largest absolute Gasteiger partial charge is 0.357 e. The van der Waals surface area contributed by atoms with E-state index in [1.807, 2.05) is 4.90 Å². The van der Waals surface area contributed by atoms with Crippen LogP contribution in [0.1, 0.15) is 38.7 Å². The fourth-order valence-electron chi connectivity index (χ4n) is 3.97. The Kier molecular flexibility index (Phi) is 9.50. The number of guanidine groups is 1. The maximum absolute atomic E-state index is 12.3. The summed E-state index contributed by atoms with van der Waals surface area (Å²) in [4.78, 5) is 21.2. The summed E-state index contributed by atoms with van der Waals surface area (Å²) in [7, 11) is 0. The van der Waals surface area contributed by atoms with E-state index in [0.717, 1.165) is 57.9 Å². The van der Waals surface area contributed by atoms with Gasteiger partial charge < -0.3 is 15.5 Å². The molecule has 1 aromatic carbocycles. The molecule has 2 heterocycles. The van der Waals surface area contributed by atoms with Gasteiger partial charge in [-0.1, -0.05) is 30.3 Å². The van der Waals surface area contributed by atoms with E-state index in [2.05, 4.69) is 64.7 Å². The SMILES string of the molecule is CCNC(=NCC(=O)N1CCCC1)NC1CC(C)N(Cc2ccccc2)C1.I. The van der Waals surface area contributed by atoms with Gasteiger partial charge in [0.15, 0.2) is 5.96 Å². The lowest BCUT2D eigenvalue weighted by atomic mass is 10.2. The Morgan fingerprint density at radius 1 is 1.21 bits per heavy atom. The van der Waals surface area contributed by atoms with Crippen molar-refractivity contribution in [3.05, 3.63) is 35.9 Å². The Bertz CT molecular complexity index is 633. The van der Waals surface area contributed by atoms with Crippen LogP contribution in [0.15, 0.2) is 35.3 Å². The molecule has 2 saturated heterocycles. The lowest BCUT2D eigenvalue weighted by molar-refractivity contribution is -0.128. The minimum atomic E-state index is 0. The Hall–Kier alpha value is -1.35. The third kappa shape index (κ3) is 6.62. The van der Waals surface area contributed by atoms with Gasteiger partial charge >= 0.3 is 0 Å². The number of rotatable bonds is 6. The molecule has 0 bridgehead atoms. The molecule has 1 aromatic rings. The molecule has 2 aliphatic heterocycles. The molecule has 6 nitrogen and oxygen atoms in total. The van der Waals surface area contributed by atoms with Crippen molar-refractivity contribution >= 4 is 35.8 Å². The van der Waals surface area contributed by atoms with Crippen LogP contribution in [0, 0.1) is 0 Å². The van der Waals surface area contributed by atoms with Crippen LogP contribution in [0.4, 0.5) is 0 Å². The van der Waals surface area contributed by atoms with E-state index in [0.29, 0.717) is 12.1 Å². The summed E-state index contributed by atoms with van der Waals surface area (Å²) >= 11 is 0. The first-order valence-corrected chi connectivity index (χ1v) is 10.3. The second-order valence-corrected chi connectivity index (χ2v) is 7.62. The maximum atomic E-state index is 12.3. The van der Waals surface area contributed by atoms with Gasteiger partial charge in [0.05, 0.1) is 0 Å². The van der Waals surface area contributed by atoms with Crippen molar-refractivity contribution in [2.75, 3.05) is 32.7 Å². The third-order valence-corrected chi connectivity index (χ3v) is 5.45. The fourth-order valence-corrected chi connectivity index (χ4v) is 3.97. The maximum Gasteiger partial charge on any atom is 0.244 e. The summed E-state index contributed by atoms with van der Waals surface area (Å²) in [6.45, 7) is 9.08. The van der Waals surface area contributed by atoms with Gasteiger partial charge in [-0.2, -0.15) is 0 Å². The Labute approximate surface area is 186 Å². The molecule has 2 fully saturated rings. The van der Waals surface area contributed by atoms with Crippen molar-refractivity contribution in [1.82, 2.24) is 20.4 Å². The van der Waals surface area contributed by atoms with Gasteiger partial charge in [0.1, 0.15) is 6.54 Å². The molecule has 3 rings (SSSR count). The van der Waals surface area contributed by atoms with E-state index in [4.69, 9.17) is 0 Å². The number of carbonyl (C=O) groups excluding carboxylic acids is 1. The smallest absolute Gasteiger partial charge is 0.244 e. The summed E-state index contributed by atoms with van der Waals surface area (Å²) in [5.41, 5.74) is 1.35. The summed E-state index contributed by atoms with van der Waals surface area (Å²) in [6.07, 6.45) is 3.31. The van der Waals surface area contributed by atoms with E-state index >= 15 is 0 Å². The second-order valence-electron chi connectivity index (χ2n) is 7.62. The lowest BCUT2D eigenvalue weighted by Crippen LogP contribution is -2.45. The van der Waals surface area contributed by atoms with E-state index in [9.17, 15) is 4.79 Å². The molecular weight excluding hydrogens is 465 g/mol. The summed E-state index contributed by atoms with van der Waals surface area (Å²) in [5.74, 6) is 0.888. The quantitative estimate of drug-likeness (QED) is 0.359. The van der Waals surface area contributed by atoms with E-state index < -0.39 is 0 Å². The first-order valence-electron chi connectivity index (χ1n) is 10.3. The van der Waals surface area contributed by atoms with Crippen molar-refractivity contribution in [1.29, 1.82) is 0 Å². The summed E-state index contributed by atoms with van der Waals surface area (Å²) in [6, 6.07) is 11.5. The van der Waals surface area contributed by atoms with Crippen molar-refractivity contribution < 1.29 is 4.79 Å². The molecule has 0 aromatic heterocycles. The predicted octanol–water partition coefficient (Wildman–Crippen LogP) is 2.44. The van der Waals surface area contributed by atoms with Gasteiger partial charge in [0, 0.05) is 44.8 Å². The van der Waals surface area contributed by atoms with Gasteiger partial charge in [-0.3, -0.25) is 9.69 Å². The number of nitrogens with zero attached hydrogens (tertiary/aromatic N) is 3. The number of hydrogen-bond acceptors (Lipinski definition) is 3. The highest BCUT2D eigenvalue weighted by Crippen LogP contribution is 2.20. The van der Waals surface area contributed by atoms with Crippen molar-refractivity contribution in [2.45, 2.75) is 51.7 Å². The van der Waals surface area contributed by atoms with Gasteiger partial charge in [0.2, 0.25) is 5.91 Å². The van der Waals surface area contributed by atoms with Crippen LogP contribution in [0.5, 0.6) is 0 Å². The summed E-state index contributed by atoms with van der Waals surface area (Å²) < 4.78 is 0. The molecule has 28 heavy (non-hydrogen) atoms. The Morgan fingerprint density at radius 2 is 1.93 bits per heavy atom. The predicted molar refractivity (Wildman–Crippen MR) is 125 cm³/mol. The zero-order chi connectivity index (χ0) is 19.1. The van der Waals surface area contributed by atoms with E-state index in [1.54, 1.807) is 0 Å². The molecule has 0 spiro atoms. The molecule has 0 radical (unpaired) electrons. The monoisotopic (exact) mass is 499 g/mol. The van der Waals surface area contributed by atoms with Crippen LogP contribution in [-0.4, -0.2) is 66.5 Å². The number of carbonyl (C=O) groups is 1. The third-order valence-electron chi connectivity index (χ3n) is 5.45. The molecule has 1 amide bonds. The molecule has 0 aliphatic carbocycles. The molecule has 2 unspecified atom stereocenters. The average Bonchev–Trinajstić information content (AvgIpc) is 3.31. The topological polar surface area (TPSA) is 60.0 Å². The van der Waals surface area contributed by atoms with Crippen LogP contribution in [0.2, 0.25) is 0 Å². The van der Waals surface area contributed by atoms with E-state index in [-0.39, 0.29) is 36.4 Å². The van der Waals surface area contributed by atoms with Gasteiger partial charge in [-0.05, 0) is 38.7 Å². The second kappa shape index (κ2) is 11.6. The first-order chi connectivity index (χ1) is 13.2. The van der Waals surface area contributed by atoms with Crippen LogP contribution < -0.4 is 10.6 Å². The number of amides is 1. The highest BCUT2D eigenvalue weighted by Gasteiger charge is 2.29. The Balaban J connectivity index is 0.00000280. The van der Waals surface area contributed by atoms with Crippen molar-refractivity contribution in [3.8, 4) is 0 Å². The normalized spacial score (nSPS) is 22.8. The number of likely N-dealkylation sites (tertiary alicyclic amines) is 2. The highest BCUT2D eigenvalue weighted by atomic mass is 127. The summed E-state index contributed by atoms with van der Waals surface area (Å²) in [5, 5.41) is 6.82. The van der Waals surface area contributed by atoms with Crippen LogP contribution in [0.3, 0.4) is 0 Å². The van der Waals surface area contributed by atoms with Gasteiger partial charge in [0.25, 0.3) is 0 Å². The zero-order valence-corrected chi connectivity index (χ0v) is 19.4. The number of hydrogen-bond donors (Lipinski definition) is 2. The lowest BCUT2D eigenvalue weighted by Gasteiger charge is -2.21. The molecule has 2 atom stereocenters. The molecular formula is C21H34IN5O. The molecule has 2 N–H and O–H groups in total. The standard InChI is InChI=1S/C21H33N5O.HI/c1-3-22-21(23-14-20(27)25-11-7-8-12-25)24-19-13-17(2)26(16-19)15-18-9-5-4-6-10-18;/h4-6,9-10,17,19H,3,7-8,11-16H2,1-2H3,(H2,22,23,24);1H. The average molecular weight is 499 g/mol. The van der Waals surface area contributed by atoms with Crippen LogP contribution >= 0.6 is 24.0 Å². The van der Waals surface area contributed by atoms with Gasteiger partial charge in [-0.15, -0.1) is 24.0 Å². The van der Waals surface area contributed by atoms with Crippen molar-refractivity contribution in [3.63, 3.8) is 0 Å². The minimum absolute atomic E-state index is 0. The number of halogens is 1. The number of nitrogens with one attached hydrogen (secondary N) is 2. The van der Waals surface area contributed by atoms with Crippen LogP contribution in [-0.2, 0) is 11.3 Å². The minimum Gasteiger partial charge on any atom is -0.357 e. The number of benzene rings is 1.